The molecule has 1 aromatic carbocycles. The number of methoxy groups -OCH3 is 1. The van der Waals surface area contributed by atoms with Crippen molar-refractivity contribution in [2.75, 3.05) is 7.11 Å². The topological polar surface area (TPSA) is 66.0 Å². The van der Waals surface area contributed by atoms with Crippen LogP contribution in [0.2, 0.25) is 0 Å². The van der Waals surface area contributed by atoms with Gasteiger partial charge in [-0.2, -0.15) is 0 Å². The Morgan fingerprint density at radius 3 is 2.68 bits per heavy atom. The average Bonchev–Trinajstić information content (AvgIpc) is 3.05. The van der Waals surface area contributed by atoms with Gasteiger partial charge in [-0.25, -0.2) is 14.6 Å². The second-order valence-electron chi connectivity index (χ2n) is 5.25. The summed E-state index contributed by atoms with van der Waals surface area (Å²) in [4.78, 5) is 8.68. The molecule has 0 atom stereocenters. The molecule has 114 valence electrons. The second-order valence-corrected chi connectivity index (χ2v) is 5.25. The fraction of sp³-hybridized carbons (Fsp3) is 0.312. The predicted molar refractivity (Wildman–Crippen MR) is 81.8 cm³/mol. The molecule has 0 unspecified atom stereocenters. The lowest BCUT2D eigenvalue weighted by Crippen LogP contribution is -2.03. The van der Waals surface area contributed by atoms with E-state index in [2.05, 4.69) is 41.0 Å². The molecule has 2 aromatic heterocycles. The molecule has 0 fully saturated rings. The van der Waals surface area contributed by atoms with Gasteiger partial charge >= 0.3 is 0 Å². The molecule has 0 spiro atoms. The van der Waals surface area contributed by atoms with Crippen molar-refractivity contribution in [1.82, 2.24) is 19.7 Å². The van der Waals surface area contributed by atoms with Crippen LogP contribution in [0.15, 0.2) is 29.0 Å². The van der Waals surface area contributed by atoms with Crippen LogP contribution in [0.25, 0.3) is 17.3 Å². The van der Waals surface area contributed by atoms with Gasteiger partial charge in [0.05, 0.1) is 11.4 Å². The van der Waals surface area contributed by atoms with Crippen molar-refractivity contribution in [3.8, 4) is 17.3 Å². The maximum Gasteiger partial charge on any atom is 0.201 e. The van der Waals surface area contributed by atoms with Crippen molar-refractivity contribution >= 4 is 0 Å². The van der Waals surface area contributed by atoms with Crippen molar-refractivity contribution in [1.29, 1.82) is 0 Å². The van der Waals surface area contributed by atoms with Crippen LogP contribution in [0.4, 0.5) is 0 Å². The highest BCUT2D eigenvalue weighted by molar-refractivity contribution is 5.55. The number of nitrogens with zero attached hydrogens (tertiary/aromatic N) is 4. The summed E-state index contributed by atoms with van der Waals surface area (Å²) in [6.45, 7) is 6.35. The van der Waals surface area contributed by atoms with Crippen LogP contribution >= 0.6 is 0 Å². The van der Waals surface area contributed by atoms with Gasteiger partial charge in [-0.15, -0.1) is 5.10 Å². The molecule has 0 amide bonds. The molecule has 6 nitrogen and oxygen atoms in total. The van der Waals surface area contributed by atoms with Gasteiger partial charge in [0.1, 0.15) is 6.61 Å². The van der Waals surface area contributed by atoms with E-state index in [0.29, 0.717) is 24.0 Å². The van der Waals surface area contributed by atoms with Crippen LogP contribution in [0, 0.1) is 20.8 Å². The van der Waals surface area contributed by atoms with Gasteiger partial charge < -0.3 is 9.15 Å². The minimum absolute atomic E-state index is 0.345. The number of rotatable bonds is 4. The normalized spacial score (nSPS) is 11.1. The predicted octanol–water partition coefficient (Wildman–Crippen LogP) is 2.99. The highest BCUT2D eigenvalue weighted by Gasteiger charge is 2.19. The summed E-state index contributed by atoms with van der Waals surface area (Å²) >= 11 is 0. The van der Waals surface area contributed by atoms with E-state index in [1.54, 1.807) is 11.8 Å². The minimum atomic E-state index is 0.345. The van der Waals surface area contributed by atoms with Gasteiger partial charge in [0, 0.05) is 7.11 Å². The second kappa shape index (κ2) is 5.73. The number of ether oxygens (including phenoxy) is 1. The van der Waals surface area contributed by atoms with E-state index < -0.39 is 0 Å². The summed E-state index contributed by atoms with van der Waals surface area (Å²) in [6.07, 6.45) is 1.42. The largest absolute Gasteiger partial charge is 0.440 e. The smallest absolute Gasteiger partial charge is 0.201 e. The monoisotopic (exact) mass is 298 g/mol. The summed E-state index contributed by atoms with van der Waals surface area (Å²) < 4.78 is 12.4. The molecular formula is C16H18N4O2. The van der Waals surface area contributed by atoms with Crippen molar-refractivity contribution in [3.63, 3.8) is 0 Å². The Labute approximate surface area is 128 Å². The number of aryl methyl sites for hydroxylation is 3. The van der Waals surface area contributed by atoms with Crippen LogP contribution in [-0.4, -0.2) is 26.9 Å². The molecule has 0 aliphatic heterocycles. The highest BCUT2D eigenvalue weighted by Crippen LogP contribution is 2.25. The van der Waals surface area contributed by atoms with Gasteiger partial charge in [-0.1, -0.05) is 17.7 Å². The summed E-state index contributed by atoms with van der Waals surface area (Å²) in [6, 6.07) is 6.20. The van der Waals surface area contributed by atoms with Crippen LogP contribution in [-0.2, 0) is 11.3 Å². The molecule has 0 saturated carbocycles. The Morgan fingerprint density at radius 1 is 1.23 bits per heavy atom. The van der Waals surface area contributed by atoms with Gasteiger partial charge in [-0.05, 0) is 32.4 Å². The van der Waals surface area contributed by atoms with E-state index >= 15 is 0 Å². The standard InChI is InChI=1S/C16H18N4O2/c1-10-5-6-13(11(2)7-10)20-16(15-12(3)17-9-22-15)18-14(19-20)8-21-4/h5-7,9H,8H2,1-4H3. The molecule has 6 heteroatoms. The first-order chi connectivity index (χ1) is 10.6. The number of aromatic nitrogens is 4. The number of oxazole rings is 1. The zero-order valence-electron chi connectivity index (χ0n) is 13.1. The maximum atomic E-state index is 5.49. The summed E-state index contributed by atoms with van der Waals surface area (Å²) in [5, 5.41) is 4.55. The van der Waals surface area contributed by atoms with Crippen LogP contribution in [0.1, 0.15) is 22.6 Å². The molecule has 3 aromatic rings. The van der Waals surface area contributed by atoms with Gasteiger partial charge in [-0.3, -0.25) is 0 Å². The average molecular weight is 298 g/mol. The van der Waals surface area contributed by atoms with Crippen molar-refractivity contribution < 1.29 is 9.15 Å². The van der Waals surface area contributed by atoms with E-state index in [1.165, 1.54) is 12.0 Å². The van der Waals surface area contributed by atoms with Gasteiger partial charge in [0.25, 0.3) is 0 Å². The lowest BCUT2D eigenvalue weighted by molar-refractivity contribution is 0.178. The molecule has 0 radical (unpaired) electrons. The lowest BCUT2D eigenvalue weighted by atomic mass is 10.1. The quantitative estimate of drug-likeness (QED) is 0.740. The van der Waals surface area contributed by atoms with Crippen molar-refractivity contribution in [3.05, 3.63) is 47.2 Å². The molecule has 22 heavy (non-hydrogen) atoms. The first-order valence-corrected chi connectivity index (χ1v) is 7.03. The van der Waals surface area contributed by atoms with E-state index in [9.17, 15) is 0 Å². The zero-order chi connectivity index (χ0) is 15.7. The highest BCUT2D eigenvalue weighted by atomic mass is 16.5. The Morgan fingerprint density at radius 2 is 2.05 bits per heavy atom. The molecule has 0 N–H and O–H groups in total. The number of hydrogen-bond acceptors (Lipinski definition) is 5. The maximum absolute atomic E-state index is 5.49. The SMILES string of the molecule is COCc1nc(-c2ocnc2C)n(-c2ccc(C)cc2C)n1. The Hall–Kier alpha value is -2.47. The Balaban J connectivity index is 2.19. The van der Waals surface area contributed by atoms with Crippen LogP contribution in [0.5, 0.6) is 0 Å². The van der Waals surface area contributed by atoms with Crippen LogP contribution in [0.3, 0.4) is 0 Å². The van der Waals surface area contributed by atoms with Gasteiger partial charge in [0.15, 0.2) is 18.0 Å². The van der Waals surface area contributed by atoms with E-state index in [0.717, 1.165) is 16.9 Å². The van der Waals surface area contributed by atoms with Crippen molar-refractivity contribution in [2.24, 2.45) is 0 Å². The molecule has 3 rings (SSSR count). The fourth-order valence-electron chi connectivity index (χ4n) is 2.42. The van der Waals surface area contributed by atoms with Crippen LogP contribution < -0.4 is 0 Å². The first-order valence-electron chi connectivity index (χ1n) is 7.03. The summed E-state index contributed by atoms with van der Waals surface area (Å²) in [5.74, 6) is 1.86. The molecule has 0 saturated heterocycles. The molecule has 0 aliphatic rings. The first kappa shape index (κ1) is 14.5. The van der Waals surface area contributed by atoms with E-state index in [-0.39, 0.29) is 0 Å². The Bertz CT molecular complexity index is 804. The van der Waals surface area contributed by atoms with E-state index in [1.807, 2.05) is 13.0 Å². The number of hydrogen-bond donors (Lipinski definition) is 0. The van der Waals surface area contributed by atoms with Crippen molar-refractivity contribution in [2.45, 2.75) is 27.4 Å². The summed E-state index contributed by atoms with van der Waals surface area (Å²) in [7, 11) is 1.62. The molecule has 2 heterocycles. The summed E-state index contributed by atoms with van der Waals surface area (Å²) in [5.41, 5.74) is 4.07. The molecule has 0 bridgehead atoms. The fourth-order valence-corrected chi connectivity index (χ4v) is 2.42. The minimum Gasteiger partial charge on any atom is -0.440 e. The zero-order valence-corrected chi connectivity index (χ0v) is 13.1. The van der Waals surface area contributed by atoms with E-state index in [4.69, 9.17) is 9.15 Å². The third kappa shape index (κ3) is 2.53. The molecular weight excluding hydrogens is 280 g/mol. The third-order valence-corrected chi connectivity index (χ3v) is 3.45. The molecule has 0 aliphatic carbocycles. The lowest BCUT2D eigenvalue weighted by Gasteiger charge is -2.08. The van der Waals surface area contributed by atoms with Gasteiger partial charge in [0.2, 0.25) is 5.82 Å². The Kier molecular flexibility index (Phi) is 3.77. The number of benzene rings is 1. The third-order valence-electron chi connectivity index (χ3n) is 3.45.